The normalized spacial score (nSPS) is 10.8. The second-order valence-corrected chi connectivity index (χ2v) is 6.57. The van der Waals surface area contributed by atoms with Crippen molar-refractivity contribution in [1.82, 2.24) is 4.98 Å². The fraction of sp³-hybridized carbons (Fsp3) is 0. The average Bonchev–Trinajstić information content (AvgIpc) is 2.53. The van der Waals surface area contributed by atoms with Crippen molar-refractivity contribution in [2.75, 3.05) is 5.73 Å². The van der Waals surface area contributed by atoms with E-state index in [0.29, 0.717) is 42.7 Å². The van der Waals surface area contributed by atoms with Crippen LogP contribution >= 0.6 is 46.4 Å². The van der Waals surface area contributed by atoms with Crippen LogP contribution in [-0.4, -0.2) is 4.98 Å². The lowest BCUT2D eigenvalue weighted by molar-refractivity contribution is 1.32. The Labute approximate surface area is 153 Å². The highest BCUT2D eigenvalue weighted by molar-refractivity contribution is 6.36. The molecule has 0 aliphatic carbocycles. The first-order valence-electron chi connectivity index (χ1n) is 6.63. The van der Waals surface area contributed by atoms with Gasteiger partial charge in [0.15, 0.2) is 0 Å². The number of hydrogen-bond acceptors (Lipinski definition) is 2. The molecule has 0 fully saturated rings. The first-order chi connectivity index (χ1) is 11.0. The SMILES string of the molecule is Nc1ccc(-c2cc(Cl)ccc2Cl)nc1-c1cc(Cl)ccc1Cl. The van der Waals surface area contributed by atoms with Gasteiger partial charge in [0.25, 0.3) is 0 Å². The van der Waals surface area contributed by atoms with Crippen LogP contribution in [0.3, 0.4) is 0 Å². The maximum atomic E-state index is 6.26. The van der Waals surface area contributed by atoms with Crippen LogP contribution in [0, 0.1) is 0 Å². The van der Waals surface area contributed by atoms with Gasteiger partial charge < -0.3 is 5.73 Å². The molecule has 23 heavy (non-hydrogen) atoms. The van der Waals surface area contributed by atoms with E-state index in [4.69, 9.17) is 52.1 Å². The lowest BCUT2D eigenvalue weighted by atomic mass is 10.1. The molecule has 3 rings (SSSR count). The maximum Gasteiger partial charge on any atom is 0.0954 e. The van der Waals surface area contributed by atoms with Crippen LogP contribution in [-0.2, 0) is 0 Å². The first kappa shape index (κ1) is 16.4. The Bertz CT molecular complexity index is 894. The van der Waals surface area contributed by atoms with Crippen molar-refractivity contribution in [2.45, 2.75) is 0 Å². The zero-order chi connectivity index (χ0) is 16.6. The molecule has 1 aromatic heterocycles. The lowest BCUT2D eigenvalue weighted by Crippen LogP contribution is -1.96. The van der Waals surface area contributed by atoms with E-state index in [-0.39, 0.29) is 0 Å². The van der Waals surface area contributed by atoms with Gasteiger partial charge in [-0.05, 0) is 48.5 Å². The first-order valence-corrected chi connectivity index (χ1v) is 8.14. The fourth-order valence-electron chi connectivity index (χ4n) is 2.21. The number of nitrogens with two attached hydrogens (primary N) is 1. The molecule has 0 aliphatic rings. The quantitative estimate of drug-likeness (QED) is 0.540. The molecule has 0 saturated carbocycles. The monoisotopic (exact) mass is 382 g/mol. The Morgan fingerprint density at radius 3 is 1.91 bits per heavy atom. The minimum absolute atomic E-state index is 0.496. The zero-order valence-electron chi connectivity index (χ0n) is 11.7. The molecular weight excluding hydrogens is 374 g/mol. The third-order valence-corrected chi connectivity index (χ3v) is 4.44. The molecular formula is C17H10Cl4N2. The van der Waals surface area contributed by atoms with Crippen LogP contribution in [0.15, 0.2) is 48.5 Å². The van der Waals surface area contributed by atoms with Crippen LogP contribution in [0.2, 0.25) is 20.1 Å². The number of benzene rings is 2. The number of rotatable bonds is 2. The van der Waals surface area contributed by atoms with Gasteiger partial charge in [0, 0.05) is 21.2 Å². The number of anilines is 1. The fourth-order valence-corrected chi connectivity index (χ4v) is 2.97. The minimum Gasteiger partial charge on any atom is -0.397 e. The predicted octanol–water partition coefficient (Wildman–Crippen LogP) is 6.61. The molecule has 0 amide bonds. The standard InChI is InChI=1S/C17H10Cl4N2/c18-9-1-3-13(20)11(7-9)16-6-5-15(22)17(23-16)12-8-10(19)2-4-14(12)21/h1-8H,22H2. The van der Waals surface area contributed by atoms with Gasteiger partial charge >= 0.3 is 0 Å². The highest BCUT2D eigenvalue weighted by Gasteiger charge is 2.13. The van der Waals surface area contributed by atoms with Gasteiger partial charge in [-0.25, -0.2) is 4.98 Å². The average molecular weight is 384 g/mol. The Hall–Kier alpha value is -1.45. The second-order valence-electron chi connectivity index (χ2n) is 4.88. The topological polar surface area (TPSA) is 38.9 Å². The molecule has 2 N–H and O–H groups in total. The molecule has 6 heteroatoms. The summed E-state index contributed by atoms with van der Waals surface area (Å²) in [5.74, 6) is 0. The highest BCUT2D eigenvalue weighted by atomic mass is 35.5. The summed E-state index contributed by atoms with van der Waals surface area (Å²) in [5, 5.41) is 2.19. The number of nitrogen functional groups attached to an aromatic ring is 1. The van der Waals surface area contributed by atoms with Gasteiger partial charge in [-0.1, -0.05) is 46.4 Å². The van der Waals surface area contributed by atoms with Crippen LogP contribution in [0.25, 0.3) is 22.5 Å². The van der Waals surface area contributed by atoms with E-state index in [0.717, 1.165) is 5.56 Å². The number of pyridine rings is 1. The Balaban J connectivity index is 2.20. The molecule has 0 spiro atoms. The summed E-state index contributed by atoms with van der Waals surface area (Å²) < 4.78 is 0. The van der Waals surface area contributed by atoms with Gasteiger partial charge in [0.2, 0.25) is 0 Å². The van der Waals surface area contributed by atoms with Crippen LogP contribution in [0.1, 0.15) is 0 Å². The maximum absolute atomic E-state index is 6.26. The van der Waals surface area contributed by atoms with Gasteiger partial charge in [0.1, 0.15) is 0 Å². The van der Waals surface area contributed by atoms with Crippen molar-refractivity contribution in [1.29, 1.82) is 0 Å². The van der Waals surface area contributed by atoms with E-state index >= 15 is 0 Å². The molecule has 3 aromatic rings. The molecule has 2 nitrogen and oxygen atoms in total. The third-order valence-electron chi connectivity index (χ3n) is 3.31. The van der Waals surface area contributed by atoms with Crippen molar-refractivity contribution >= 4 is 52.1 Å². The van der Waals surface area contributed by atoms with Crippen molar-refractivity contribution in [2.24, 2.45) is 0 Å². The molecule has 2 aromatic carbocycles. The second kappa shape index (κ2) is 6.58. The van der Waals surface area contributed by atoms with Crippen LogP contribution in [0.4, 0.5) is 5.69 Å². The van der Waals surface area contributed by atoms with Crippen molar-refractivity contribution < 1.29 is 0 Å². The molecule has 0 bridgehead atoms. The Kier molecular flexibility index (Phi) is 4.69. The van der Waals surface area contributed by atoms with Gasteiger partial charge in [-0.2, -0.15) is 0 Å². The molecule has 0 aliphatic heterocycles. The number of halogens is 4. The van der Waals surface area contributed by atoms with E-state index in [1.165, 1.54) is 0 Å². The lowest BCUT2D eigenvalue weighted by Gasteiger charge is -2.11. The Morgan fingerprint density at radius 1 is 0.696 bits per heavy atom. The third kappa shape index (κ3) is 3.41. The van der Waals surface area contributed by atoms with Crippen molar-refractivity contribution in [3.8, 4) is 22.5 Å². The molecule has 116 valence electrons. The van der Waals surface area contributed by atoms with Gasteiger partial charge in [-0.3, -0.25) is 0 Å². The summed E-state index contributed by atoms with van der Waals surface area (Å²) in [6, 6.07) is 13.9. The van der Waals surface area contributed by atoms with Crippen LogP contribution in [0.5, 0.6) is 0 Å². The summed E-state index contributed by atoms with van der Waals surface area (Å²) in [6.45, 7) is 0. The van der Waals surface area contributed by atoms with E-state index in [1.807, 2.05) is 0 Å². The van der Waals surface area contributed by atoms with Crippen molar-refractivity contribution in [3.05, 3.63) is 68.6 Å². The summed E-state index contributed by atoms with van der Waals surface area (Å²) in [7, 11) is 0. The van der Waals surface area contributed by atoms with E-state index in [9.17, 15) is 0 Å². The number of hydrogen-bond donors (Lipinski definition) is 1. The van der Waals surface area contributed by atoms with Gasteiger partial charge in [0.05, 0.1) is 27.1 Å². The molecule has 1 heterocycles. The summed E-state index contributed by atoms with van der Waals surface area (Å²) in [5.41, 5.74) is 9.14. The largest absolute Gasteiger partial charge is 0.397 e. The summed E-state index contributed by atoms with van der Waals surface area (Å²) in [4.78, 5) is 4.61. The van der Waals surface area contributed by atoms with Crippen LogP contribution < -0.4 is 5.73 Å². The Morgan fingerprint density at radius 2 is 1.26 bits per heavy atom. The summed E-state index contributed by atoms with van der Waals surface area (Å²) >= 11 is 24.6. The minimum atomic E-state index is 0.496. The highest BCUT2D eigenvalue weighted by Crippen LogP contribution is 2.36. The number of nitrogens with zero attached hydrogens (tertiary/aromatic N) is 1. The molecule has 0 unspecified atom stereocenters. The summed E-state index contributed by atoms with van der Waals surface area (Å²) in [6.07, 6.45) is 0. The number of aromatic nitrogens is 1. The molecule has 0 radical (unpaired) electrons. The van der Waals surface area contributed by atoms with E-state index in [2.05, 4.69) is 4.98 Å². The van der Waals surface area contributed by atoms with Crippen molar-refractivity contribution in [3.63, 3.8) is 0 Å². The molecule has 0 atom stereocenters. The zero-order valence-corrected chi connectivity index (χ0v) is 14.7. The smallest absolute Gasteiger partial charge is 0.0954 e. The van der Waals surface area contributed by atoms with E-state index in [1.54, 1.807) is 48.5 Å². The van der Waals surface area contributed by atoms with Gasteiger partial charge in [-0.15, -0.1) is 0 Å². The molecule has 0 saturated heterocycles. The van der Waals surface area contributed by atoms with E-state index < -0.39 is 0 Å². The predicted molar refractivity (Wildman–Crippen MR) is 99.6 cm³/mol.